The fourth-order valence-electron chi connectivity index (χ4n) is 1.98. The van der Waals surface area contributed by atoms with Crippen molar-refractivity contribution in [3.05, 3.63) is 24.0 Å². The van der Waals surface area contributed by atoms with Gasteiger partial charge in [0.05, 0.1) is 0 Å². The van der Waals surface area contributed by atoms with Crippen LogP contribution in [0.1, 0.15) is 24.4 Å². The summed E-state index contributed by atoms with van der Waals surface area (Å²) in [7, 11) is 0. The molecule has 1 fully saturated rings. The van der Waals surface area contributed by atoms with Crippen molar-refractivity contribution in [1.82, 2.24) is 10.3 Å². The highest BCUT2D eigenvalue weighted by atomic mass is 14.9. The lowest BCUT2D eigenvalue weighted by atomic mass is 9.96. The van der Waals surface area contributed by atoms with Crippen LogP contribution < -0.4 is 11.1 Å². The van der Waals surface area contributed by atoms with Crippen molar-refractivity contribution in [3.63, 3.8) is 0 Å². The standard InChI is InChI=1S/C10H17N3/c11-10(9-2-4-13-7-9)5-8-1-3-12-6-8/h2,4,7-8,10,12-13H,1,3,5-6,11H2. The molecule has 3 nitrogen and oxygen atoms in total. The maximum absolute atomic E-state index is 6.07. The number of aromatic nitrogens is 1. The van der Waals surface area contributed by atoms with E-state index in [2.05, 4.69) is 16.4 Å². The van der Waals surface area contributed by atoms with Gasteiger partial charge in [0.2, 0.25) is 0 Å². The van der Waals surface area contributed by atoms with E-state index in [9.17, 15) is 0 Å². The van der Waals surface area contributed by atoms with Crippen molar-refractivity contribution < 1.29 is 0 Å². The largest absolute Gasteiger partial charge is 0.367 e. The molecule has 4 N–H and O–H groups in total. The maximum Gasteiger partial charge on any atom is 0.0313 e. The molecule has 0 aromatic carbocycles. The molecule has 2 rings (SSSR count). The Kier molecular flexibility index (Phi) is 2.66. The molecule has 2 atom stereocenters. The van der Waals surface area contributed by atoms with E-state index in [0.29, 0.717) is 0 Å². The van der Waals surface area contributed by atoms with Gasteiger partial charge in [0.25, 0.3) is 0 Å². The monoisotopic (exact) mass is 179 g/mol. The van der Waals surface area contributed by atoms with E-state index < -0.39 is 0 Å². The van der Waals surface area contributed by atoms with Crippen LogP contribution in [0, 0.1) is 5.92 Å². The first kappa shape index (κ1) is 8.78. The van der Waals surface area contributed by atoms with Gasteiger partial charge >= 0.3 is 0 Å². The van der Waals surface area contributed by atoms with Crippen LogP contribution in [0.3, 0.4) is 0 Å². The highest BCUT2D eigenvalue weighted by Crippen LogP contribution is 2.22. The zero-order valence-electron chi connectivity index (χ0n) is 7.79. The molecule has 1 aromatic rings. The molecule has 72 valence electrons. The third-order valence-corrected chi connectivity index (χ3v) is 2.80. The summed E-state index contributed by atoms with van der Waals surface area (Å²) >= 11 is 0. The van der Waals surface area contributed by atoms with E-state index in [1.807, 2.05) is 12.4 Å². The Balaban J connectivity index is 1.87. The fraction of sp³-hybridized carbons (Fsp3) is 0.600. The predicted molar refractivity (Wildman–Crippen MR) is 53.3 cm³/mol. The first-order valence-corrected chi connectivity index (χ1v) is 4.95. The lowest BCUT2D eigenvalue weighted by Gasteiger charge is -2.14. The molecule has 2 unspecified atom stereocenters. The van der Waals surface area contributed by atoms with Crippen molar-refractivity contribution in [2.24, 2.45) is 11.7 Å². The van der Waals surface area contributed by atoms with Gasteiger partial charge in [-0.2, -0.15) is 0 Å². The molecule has 0 radical (unpaired) electrons. The van der Waals surface area contributed by atoms with E-state index in [1.54, 1.807) is 0 Å². The number of nitrogens with one attached hydrogen (secondary N) is 2. The summed E-state index contributed by atoms with van der Waals surface area (Å²) in [4.78, 5) is 3.04. The van der Waals surface area contributed by atoms with Crippen molar-refractivity contribution in [2.75, 3.05) is 13.1 Å². The summed E-state index contributed by atoms with van der Waals surface area (Å²) in [5, 5.41) is 3.36. The molecule has 3 heteroatoms. The molecule has 13 heavy (non-hydrogen) atoms. The summed E-state index contributed by atoms with van der Waals surface area (Å²) in [6, 6.07) is 2.27. The zero-order chi connectivity index (χ0) is 9.10. The second-order valence-electron chi connectivity index (χ2n) is 3.85. The van der Waals surface area contributed by atoms with Crippen LogP contribution in [0.4, 0.5) is 0 Å². The molecule has 0 saturated carbocycles. The topological polar surface area (TPSA) is 53.8 Å². The summed E-state index contributed by atoms with van der Waals surface area (Å²) in [6.07, 6.45) is 6.30. The number of hydrogen-bond acceptors (Lipinski definition) is 2. The zero-order valence-corrected chi connectivity index (χ0v) is 7.79. The van der Waals surface area contributed by atoms with Gasteiger partial charge in [-0.05, 0) is 43.5 Å². The van der Waals surface area contributed by atoms with Gasteiger partial charge < -0.3 is 16.0 Å². The molecule has 1 aliphatic heterocycles. The lowest BCUT2D eigenvalue weighted by molar-refractivity contribution is 0.473. The average Bonchev–Trinajstić information content (AvgIpc) is 2.74. The van der Waals surface area contributed by atoms with Gasteiger partial charge in [-0.3, -0.25) is 0 Å². The summed E-state index contributed by atoms with van der Waals surface area (Å²) in [6.45, 7) is 2.29. The number of hydrogen-bond donors (Lipinski definition) is 3. The van der Waals surface area contributed by atoms with Gasteiger partial charge in [0.1, 0.15) is 0 Å². The highest BCUT2D eigenvalue weighted by Gasteiger charge is 2.18. The third kappa shape index (κ3) is 2.11. The number of H-pyrrole nitrogens is 1. The Morgan fingerprint density at radius 2 is 2.54 bits per heavy atom. The van der Waals surface area contributed by atoms with Crippen molar-refractivity contribution in [1.29, 1.82) is 0 Å². The summed E-state index contributed by atoms with van der Waals surface area (Å²) in [5.41, 5.74) is 7.30. The SMILES string of the molecule is NC(CC1CCNC1)c1cc[nH]c1. The van der Waals surface area contributed by atoms with E-state index in [0.717, 1.165) is 25.4 Å². The minimum Gasteiger partial charge on any atom is -0.367 e. The Morgan fingerprint density at radius 1 is 1.62 bits per heavy atom. The fourth-order valence-corrected chi connectivity index (χ4v) is 1.98. The van der Waals surface area contributed by atoms with Crippen LogP contribution in [0.5, 0.6) is 0 Å². The maximum atomic E-state index is 6.07. The number of rotatable bonds is 3. The Hall–Kier alpha value is -0.800. The van der Waals surface area contributed by atoms with E-state index >= 15 is 0 Å². The Labute approximate surface area is 78.7 Å². The van der Waals surface area contributed by atoms with Crippen LogP contribution >= 0.6 is 0 Å². The quantitative estimate of drug-likeness (QED) is 0.648. The second-order valence-corrected chi connectivity index (χ2v) is 3.85. The lowest BCUT2D eigenvalue weighted by Crippen LogP contribution is -2.17. The minimum atomic E-state index is 0.205. The van der Waals surface area contributed by atoms with Gasteiger partial charge in [-0.25, -0.2) is 0 Å². The van der Waals surface area contributed by atoms with Gasteiger partial charge in [-0.15, -0.1) is 0 Å². The smallest absolute Gasteiger partial charge is 0.0313 e. The van der Waals surface area contributed by atoms with E-state index in [1.165, 1.54) is 12.0 Å². The van der Waals surface area contributed by atoms with E-state index in [-0.39, 0.29) is 6.04 Å². The Bertz CT molecular complexity index is 237. The van der Waals surface area contributed by atoms with Crippen molar-refractivity contribution >= 4 is 0 Å². The first-order chi connectivity index (χ1) is 6.36. The average molecular weight is 179 g/mol. The highest BCUT2D eigenvalue weighted by molar-refractivity contribution is 5.13. The molecule has 0 aliphatic carbocycles. The number of aromatic amines is 1. The van der Waals surface area contributed by atoms with Crippen LogP contribution in [0.25, 0.3) is 0 Å². The van der Waals surface area contributed by atoms with Gasteiger partial charge in [0, 0.05) is 18.4 Å². The molecular weight excluding hydrogens is 162 g/mol. The van der Waals surface area contributed by atoms with Crippen molar-refractivity contribution in [2.45, 2.75) is 18.9 Å². The van der Waals surface area contributed by atoms with Crippen LogP contribution in [-0.2, 0) is 0 Å². The summed E-state index contributed by atoms with van der Waals surface area (Å²) < 4.78 is 0. The predicted octanol–water partition coefficient (Wildman–Crippen LogP) is 1.01. The molecule has 1 aliphatic rings. The molecule has 0 bridgehead atoms. The summed E-state index contributed by atoms with van der Waals surface area (Å²) in [5.74, 6) is 0.768. The van der Waals surface area contributed by atoms with Gasteiger partial charge in [-0.1, -0.05) is 0 Å². The molecule has 2 heterocycles. The van der Waals surface area contributed by atoms with Crippen LogP contribution in [-0.4, -0.2) is 18.1 Å². The minimum absolute atomic E-state index is 0.205. The number of nitrogens with two attached hydrogens (primary N) is 1. The molecule has 0 spiro atoms. The normalized spacial score (nSPS) is 24.8. The molecule has 1 aromatic heterocycles. The van der Waals surface area contributed by atoms with Crippen LogP contribution in [0.15, 0.2) is 18.5 Å². The van der Waals surface area contributed by atoms with Crippen molar-refractivity contribution in [3.8, 4) is 0 Å². The Morgan fingerprint density at radius 3 is 3.15 bits per heavy atom. The third-order valence-electron chi connectivity index (χ3n) is 2.80. The van der Waals surface area contributed by atoms with Gasteiger partial charge in [0.15, 0.2) is 0 Å². The molecular formula is C10H17N3. The molecule has 0 amide bonds. The second kappa shape index (κ2) is 3.94. The first-order valence-electron chi connectivity index (χ1n) is 4.95. The van der Waals surface area contributed by atoms with Crippen LogP contribution in [0.2, 0.25) is 0 Å². The van der Waals surface area contributed by atoms with E-state index in [4.69, 9.17) is 5.73 Å². The molecule has 1 saturated heterocycles.